The van der Waals surface area contributed by atoms with Crippen LogP contribution in [0.5, 0.6) is 5.75 Å². The van der Waals surface area contributed by atoms with E-state index in [1.807, 2.05) is 13.8 Å². The Kier molecular flexibility index (Phi) is 8.35. The Labute approximate surface area is 193 Å². The average Bonchev–Trinajstić information content (AvgIpc) is 3.13. The molecule has 8 nitrogen and oxygen atoms in total. The minimum absolute atomic E-state index is 0.0471. The number of hydrogen-bond acceptors (Lipinski definition) is 6. The van der Waals surface area contributed by atoms with E-state index < -0.39 is 42.9 Å². The number of carbonyl (C=O) groups is 1. The Bertz CT molecular complexity index is 1080. The summed E-state index contributed by atoms with van der Waals surface area (Å²) < 4.78 is 46.8. The second-order valence-corrected chi connectivity index (χ2v) is 11.9. The molecule has 0 saturated heterocycles. The van der Waals surface area contributed by atoms with E-state index in [-0.39, 0.29) is 20.9 Å². The molecule has 0 aliphatic rings. The summed E-state index contributed by atoms with van der Waals surface area (Å²) in [6.45, 7) is 8.52. The van der Waals surface area contributed by atoms with Crippen LogP contribution in [0.3, 0.4) is 0 Å². The number of nitrogens with two attached hydrogens (primary N) is 1. The van der Waals surface area contributed by atoms with Gasteiger partial charge in [0.25, 0.3) is 0 Å². The fourth-order valence-electron chi connectivity index (χ4n) is 2.67. The van der Waals surface area contributed by atoms with Crippen LogP contribution in [0.1, 0.15) is 56.7 Å². The number of rotatable bonds is 7. The molecule has 1 heterocycles. The van der Waals surface area contributed by atoms with Crippen molar-refractivity contribution in [2.75, 3.05) is 5.32 Å². The van der Waals surface area contributed by atoms with Crippen molar-refractivity contribution in [3.8, 4) is 5.75 Å². The van der Waals surface area contributed by atoms with Gasteiger partial charge in [-0.1, -0.05) is 0 Å². The van der Waals surface area contributed by atoms with Gasteiger partial charge in [-0.15, -0.1) is 0 Å². The third-order valence-corrected chi connectivity index (χ3v) is 8.15. The number of halogens is 3. The number of amides is 2. The zero-order valence-electron chi connectivity index (χ0n) is 17.6. The molecule has 2 amide bonds. The summed E-state index contributed by atoms with van der Waals surface area (Å²) in [6.07, 6.45) is 1.65. The van der Waals surface area contributed by atoms with E-state index in [0.717, 1.165) is 11.3 Å². The number of aliphatic hydroxyl groups is 1. The van der Waals surface area contributed by atoms with Gasteiger partial charge >= 0.3 is 169 Å². The first-order valence-electron chi connectivity index (χ1n) is 9.17. The van der Waals surface area contributed by atoms with E-state index in [4.69, 9.17) is 5.14 Å². The molecule has 0 saturated carbocycles. The number of anilines is 1. The molecule has 1 aromatic heterocycles. The molecule has 0 spiro atoms. The Hall–Kier alpha value is -1.42. The number of hydrogen-bond donors (Lipinski definition) is 3. The quantitative estimate of drug-likeness (QED) is 0.364. The number of thiazole rings is 1. The van der Waals surface area contributed by atoms with Crippen LogP contribution >= 0.6 is 32.7 Å². The summed E-state index contributed by atoms with van der Waals surface area (Å²) in [5.74, 6) is -0.0687. The average molecular weight is 590 g/mol. The first-order chi connectivity index (χ1) is 14.2. The summed E-state index contributed by atoms with van der Waals surface area (Å²) in [7, 11) is -3.61. The second kappa shape index (κ2) is 10.0. The van der Waals surface area contributed by atoms with Gasteiger partial charge in [0.05, 0.1) is 0 Å². The number of benzene rings is 1. The molecule has 1 unspecified atom stereocenters. The van der Waals surface area contributed by atoms with Crippen molar-refractivity contribution in [2.45, 2.75) is 56.8 Å². The van der Waals surface area contributed by atoms with Crippen LogP contribution in [0.4, 0.5) is 16.2 Å². The Balaban J connectivity index is 2.42. The summed E-state index contributed by atoms with van der Waals surface area (Å²) in [5, 5.41) is 18.7. The van der Waals surface area contributed by atoms with Gasteiger partial charge in [0, 0.05) is 0 Å². The van der Waals surface area contributed by atoms with Gasteiger partial charge in [-0.05, 0) is 13.8 Å². The van der Waals surface area contributed by atoms with Crippen molar-refractivity contribution in [1.82, 2.24) is 4.98 Å². The minimum atomic E-state index is -4.45. The SMILES string of the molecule is CCc1cc(OI(F)F)cc(C(C)C)c1NC(=O)N=S(N)(=O)c1cnc(C(C)(C)O)s1. The van der Waals surface area contributed by atoms with Crippen LogP contribution < -0.4 is 13.5 Å². The van der Waals surface area contributed by atoms with Gasteiger partial charge in [-0.25, -0.2) is 0 Å². The van der Waals surface area contributed by atoms with Crippen molar-refractivity contribution >= 4 is 54.4 Å². The van der Waals surface area contributed by atoms with Gasteiger partial charge < -0.3 is 5.11 Å². The molecule has 1 aromatic carbocycles. The van der Waals surface area contributed by atoms with Crippen LogP contribution in [0, 0.1) is 0 Å². The number of nitrogens with one attached hydrogen (secondary N) is 1. The molecule has 0 fully saturated rings. The van der Waals surface area contributed by atoms with Crippen LogP contribution in [-0.4, -0.2) is 20.3 Å². The number of aromatic nitrogens is 1. The van der Waals surface area contributed by atoms with E-state index in [0.29, 0.717) is 23.2 Å². The summed E-state index contributed by atoms with van der Waals surface area (Å²) in [6, 6.07) is 1.96. The predicted octanol–water partition coefficient (Wildman–Crippen LogP) is 5.56. The Morgan fingerprint density at radius 1 is 1.45 bits per heavy atom. The first-order valence-corrected chi connectivity index (χ1v) is 14.1. The molecule has 1 atom stereocenters. The third-order valence-electron chi connectivity index (χ3n) is 4.12. The predicted molar refractivity (Wildman–Crippen MR) is 126 cm³/mol. The molecule has 174 valence electrons. The molecule has 2 aromatic rings. The number of carbonyl (C=O) groups excluding carboxylic acids is 1. The van der Waals surface area contributed by atoms with E-state index in [9.17, 15) is 19.8 Å². The second-order valence-electron chi connectivity index (χ2n) is 7.44. The molecule has 13 heteroatoms. The first kappa shape index (κ1) is 25.8. The molecule has 31 heavy (non-hydrogen) atoms. The normalized spacial score (nSPS) is 14.2. The molecule has 4 N–H and O–H groups in total. The van der Waals surface area contributed by atoms with E-state index >= 15 is 0 Å². The van der Waals surface area contributed by atoms with Crippen molar-refractivity contribution < 1.29 is 22.9 Å². The fraction of sp³-hybridized carbons (Fsp3) is 0.444. The van der Waals surface area contributed by atoms with Gasteiger partial charge in [-0.2, -0.15) is 0 Å². The zero-order valence-corrected chi connectivity index (χ0v) is 21.4. The van der Waals surface area contributed by atoms with E-state index in [2.05, 4.69) is 17.7 Å². The number of urea groups is 1. The van der Waals surface area contributed by atoms with E-state index in [1.54, 1.807) is 6.92 Å². The summed E-state index contributed by atoms with van der Waals surface area (Å²) in [4.78, 5) is 16.6. The number of aryl methyl sites for hydroxylation is 1. The van der Waals surface area contributed by atoms with Crippen molar-refractivity contribution in [2.24, 2.45) is 9.50 Å². The fourth-order valence-corrected chi connectivity index (χ4v) is 5.37. The molecular formula is C18H25F2IN4O4S2. The van der Waals surface area contributed by atoms with Crippen molar-refractivity contribution in [3.63, 3.8) is 0 Å². The summed E-state index contributed by atoms with van der Waals surface area (Å²) in [5.41, 5.74) is 0.302. The molecular weight excluding hydrogens is 565 g/mol. The van der Waals surface area contributed by atoms with Crippen molar-refractivity contribution in [1.29, 1.82) is 0 Å². The van der Waals surface area contributed by atoms with Gasteiger partial charge in [0.2, 0.25) is 0 Å². The van der Waals surface area contributed by atoms with Crippen LogP contribution in [0.2, 0.25) is 0 Å². The Morgan fingerprint density at radius 2 is 2.10 bits per heavy atom. The molecule has 0 aliphatic heterocycles. The van der Waals surface area contributed by atoms with Gasteiger partial charge in [-0.3, -0.25) is 0 Å². The molecule has 0 radical (unpaired) electrons. The zero-order chi connectivity index (χ0) is 23.6. The maximum atomic E-state index is 12.8. The molecule has 2 rings (SSSR count). The molecule has 0 aliphatic carbocycles. The topological polar surface area (TPSA) is 127 Å². The van der Waals surface area contributed by atoms with Crippen LogP contribution in [-0.2, 0) is 21.9 Å². The van der Waals surface area contributed by atoms with Gasteiger partial charge in [0.1, 0.15) is 5.60 Å². The Morgan fingerprint density at radius 3 is 2.58 bits per heavy atom. The number of nitrogens with zero attached hydrogens (tertiary/aromatic N) is 2. The van der Waals surface area contributed by atoms with E-state index in [1.165, 1.54) is 32.2 Å². The standard InChI is InChI=1S/C18H25F2IN4O4S2/c1-6-11-7-12(29-21(19)20)8-13(10(2)3)15(11)24-17(26)25-31(22,28)14-9-23-16(30-14)18(4,5)27/h7-10,27H,6H2,1-5H3,(H3,22,24,25,26,28). The summed E-state index contributed by atoms with van der Waals surface area (Å²) >= 11 is -3.55. The van der Waals surface area contributed by atoms with Crippen LogP contribution in [0.25, 0.3) is 0 Å². The third kappa shape index (κ3) is 6.78. The molecule has 0 bridgehead atoms. The van der Waals surface area contributed by atoms with Crippen molar-refractivity contribution in [3.05, 3.63) is 34.5 Å². The monoisotopic (exact) mass is 590 g/mol. The van der Waals surface area contributed by atoms with Gasteiger partial charge in [0.15, 0.2) is 0 Å². The van der Waals surface area contributed by atoms with Crippen LogP contribution in [0.15, 0.2) is 26.9 Å². The maximum absolute atomic E-state index is 12.8.